The van der Waals surface area contributed by atoms with E-state index in [9.17, 15) is 5.11 Å². The summed E-state index contributed by atoms with van der Waals surface area (Å²) in [7, 11) is 0. The summed E-state index contributed by atoms with van der Waals surface area (Å²) < 4.78 is 5.69. The zero-order valence-corrected chi connectivity index (χ0v) is 11.4. The largest absolute Gasteiger partial charge is 0.387 e. The van der Waals surface area contributed by atoms with Gasteiger partial charge in [0.05, 0.1) is 14.0 Å². The van der Waals surface area contributed by atoms with Crippen LogP contribution in [0.1, 0.15) is 33.3 Å². The van der Waals surface area contributed by atoms with Crippen molar-refractivity contribution in [1.29, 1.82) is 0 Å². The highest BCUT2D eigenvalue weighted by atomic mass is 32.2. The molecule has 0 fully saturated rings. The number of aliphatic hydroxyl groups is 1. The van der Waals surface area contributed by atoms with Gasteiger partial charge in [0.1, 0.15) is 5.60 Å². The molecule has 1 N–H and O–H groups in total. The number of benzene rings is 1. The molecule has 0 saturated carbocycles. The van der Waals surface area contributed by atoms with Gasteiger partial charge in [-0.3, -0.25) is 0 Å². The number of hydrogen-bond donors (Lipinski definition) is 1. The lowest BCUT2D eigenvalue weighted by atomic mass is 9.90. The minimum Gasteiger partial charge on any atom is -0.387 e. The summed E-state index contributed by atoms with van der Waals surface area (Å²) >= 11 is 1.30. The highest BCUT2D eigenvalue weighted by molar-refractivity contribution is 7.94. The van der Waals surface area contributed by atoms with E-state index >= 15 is 0 Å². The molecule has 0 spiro atoms. The Hall–Kier alpha value is -0.445. The van der Waals surface area contributed by atoms with Crippen molar-refractivity contribution in [2.75, 3.05) is 0 Å². The van der Waals surface area contributed by atoms with Gasteiger partial charge < -0.3 is 9.29 Å². The zero-order chi connectivity index (χ0) is 12.4. The zero-order valence-electron chi connectivity index (χ0n) is 10.6. The second-order valence-corrected chi connectivity index (χ2v) is 5.85. The van der Waals surface area contributed by atoms with Crippen molar-refractivity contribution in [1.82, 2.24) is 0 Å². The molecule has 0 amide bonds. The maximum atomic E-state index is 9.93. The minimum atomic E-state index is -0.870. The third kappa shape index (κ3) is 4.74. The van der Waals surface area contributed by atoms with Gasteiger partial charge in [0.25, 0.3) is 0 Å². The summed E-state index contributed by atoms with van der Waals surface area (Å²) in [4.78, 5) is 1.04. The third-order valence-electron chi connectivity index (χ3n) is 2.84. The van der Waals surface area contributed by atoms with Crippen molar-refractivity contribution in [2.45, 2.75) is 50.7 Å². The standard InChI is InChI=1S/C13H20O2S.BH3/c1-10-6-8-11(9-7-10)16-15-13(4,5)12(2,3)14;/h6-9,14H,1-5H3;1H3. The van der Waals surface area contributed by atoms with Gasteiger partial charge in [-0.15, -0.1) is 0 Å². The summed E-state index contributed by atoms with van der Waals surface area (Å²) in [5.74, 6) is 0. The molecule has 1 aromatic carbocycles. The Morgan fingerprint density at radius 2 is 1.53 bits per heavy atom. The first-order valence-corrected chi connectivity index (χ1v) is 6.11. The fraction of sp³-hybridized carbons (Fsp3) is 0.538. The molecule has 17 heavy (non-hydrogen) atoms. The Labute approximate surface area is 111 Å². The molecule has 0 atom stereocenters. The Morgan fingerprint density at radius 1 is 1.06 bits per heavy atom. The molecule has 0 saturated heterocycles. The molecule has 1 aromatic rings. The third-order valence-corrected chi connectivity index (χ3v) is 3.81. The minimum absolute atomic E-state index is 0. The maximum Gasteiger partial charge on any atom is 0.106 e. The van der Waals surface area contributed by atoms with Gasteiger partial charge in [-0.2, -0.15) is 0 Å². The van der Waals surface area contributed by atoms with Gasteiger partial charge >= 0.3 is 0 Å². The van der Waals surface area contributed by atoms with Gasteiger partial charge in [-0.05, 0) is 46.8 Å². The predicted octanol–water partition coefficient (Wildman–Crippen LogP) is 2.38. The number of rotatable bonds is 4. The van der Waals surface area contributed by atoms with Crippen LogP contribution in [0.25, 0.3) is 0 Å². The van der Waals surface area contributed by atoms with E-state index in [1.54, 1.807) is 13.8 Å². The first-order chi connectivity index (χ1) is 7.22. The van der Waals surface area contributed by atoms with E-state index in [1.807, 2.05) is 38.1 Å². The molecular weight excluding hydrogens is 231 g/mol. The second kappa shape index (κ2) is 5.94. The Bertz CT molecular complexity index is 341. The summed E-state index contributed by atoms with van der Waals surface area (Å²) in [6.07, 6.45) is 0. The smallest absolute Gasteiger partial charge is 0.106 e. The van der Waals surface area contributed by atoms with Crippen molar-refractivity contribution in [3.63, 3.8) is 0 Å². The van der Waals surface area contributed by atoms with Gasteiger partial charge in [0.2, 0.25) is 0 Å². The molecule has 0 bridgehead atoms. The van der Waals surface area contributed by atoms with Crippen LogP contribution < -0.4 is 0 Å². The lowest BCUT2D eigenvalue weighted by Crippen LogP contribution is -2.45. The highest BCUT2D eigenvalue weighted by Gasteiger charge is 2.36. The van der Waals surface area contributed by atoms with E-state index in [0.29, 0.717) is 0 Å². The Kier molecular flexibility index (Phi) is 5.78. The lowest BCUT2D eigenvalue weighted by Gasteiger charge is -2.35. The van der Waals surface area contributed by atoms with E-state index in [-0.39, 0.29) is 8.41 Å². The van der Waals surface area contributed by atoms with E-state index in [2.05, 4.69) is 6.92 Å². The van der Waals surface area contributed by atoms with Crippen molar-refractivity contribution < 1.29 is 9.29 Å². The van der Waals surface area contributed by atoms with Crippen LogP contribution in [-0.2, 0) is 4.18 Å². The molecular formula is C13H23BO2S. The monoisotopic (exact) mass is 254 g/mol. The molecule has 0 aliphatic carbocycles. The average molecular weight is 254 g/mol. The van der Waals surface area contributed by atoms with Crippen LogP contribution in [0.5, 0.6) is 0 Å². The molecule has 2 nitrogen and oxygen atoms in total. The quantitative estimate of drug-likeness (QED) is 0.660. The van der Waals surface area contributed by atoms with E-state index in [0.717, 1.165) is 4.90 Å². The summed E-state index contributed by atoms with van der Waals surface area (Å²) in [5, 5.41) is 9.93. The van der Waals surface area contributed by atoms with Gasteiger partial charge in [0, 0.05) is 16.9 Å². The number of hydrogen-bond acceptors (Lipinski definition) is 3. The fourth-order valence-corrected chi connectivity index (χ4v) is 1.60. The van der Waals surface area contributed by atoms with Crippen molar-refractivity contribution in [2.24, 2.45) is 0 Å². The Balaban J connectivity index is 0.00000256. The summed E-state index contributed by atoms with van der Waals surface area (Å²) in [6.45, 7) is 9.32. The molecule has 0 aliphatic rings. The van der Waals surface area contributed by atoms with Crippen molar-refractivity contribution >= 4 is 20.5 Å². The molecule has 0 radical (unpaired) electrons. The van der Waals surface area contributed by atoms with Crippen LogP contribution in [0.4, 0.5) is 0 Å². The topological polar surface area (TPSA) is 29.5 Å². The molecule has 0 aliphatic heterocycles. The first-order valence-electron chi connectivity index (χ1n) is 5.37. The lowest BCUT2D eigenvalue weighted by molar-refractivity contribution is -0.0813. The van der Waals surface area contributed by atoms with Crippen LogP contribution >= 0.6 is 12.0 Å². The normalized spacial score (nSPS) is 12.1. The Morgan fingerprint density at radius 3 is 1.94 bits per heavy atom. The van der Waals surface area contributed by atoms with Crippen molar-refractivity contribution in [3.8, 4) is 0 Å². The highest BCUT2D eigenvalue weighted by Crippen LogP contribution is 2.32. The molecule has 1 rings (SSSR count). The second-order valence-electron chi connectivity index (χ2n) is 5.05. The van der Waals surface area contributed by atoms with Crippen LogP contribution in [0.2, 0.25) is 0 Å². The fourth-order valence-electron chi connectivity index (χ4n) is 0.848. The van der Waals surface area contributed by atoms with Crippen LogP contribution in [0.3, 0.4) is 0 Å². The molecule has 0 heterocycles. The van der Waals surface area contributed by atoms with E-state index in [4.69, 9.17) is 4.18 Å². The maximum absolute atomic E-state index is 9.93. The van der Waals surface area contributed by atoms with Crippen LogP contribution in [0.15, 0.2) is 29.2 Å². The van der Waals surface area contributed by atoms with Crippen molar-refractivity contribution in [3.05, 3.63) is 29.8 Å². The molecule has 0 aromatic heterocycles. The van der Waals surface area contributed by atoms with E-state index < -0.39 is 11.2 Å². The average Bonchev–Trinajstić information content (AvgIpc) is 2.15. The SMILES string of the molecule is B.Cc1ccc(SOC(C)(C)C(C)(C)O)cc1. The number of aryl methyl sites for hydroxylation is 1. The van der Waals surface area contributed by atoms with Gasteiger partial charge in [-0.25, -0.2) is 0 Å². The summed E-state index contributed by atoms with van der Waals surface area (Å²) in [5.41, 5.74) is -0.237. The first kappa shape index (κ1) is 16.6. The molecule has 0 unspecified atom stereocenters. The van der Waals surface area contributed by atoms with Crippen LogP contribution in [0, 0.1) is 6.92 Å². The van der Waals surface area contributed by atoms with E-state index in [1.165, 1.54) is 17.6 Å². The molecule has 96 valence electrons. The molecule has 4 heteroatoms. The predicted molar refractivity (Wildman–Crippen MR) is 78.4 cm³/mol. The van der Waals surface area contributed by atoms with Gasteiger partial charge in [-0.1, -0.05) is 17.7 Å². The van der Waals surface area contributed by atoms with Crippen LogP contribution in [-0.4, -0.2) is 24.7 Å². The summed E-state index contributed by atoms with van der Waals surface area (Å²) in [6, 6.07) is 8.12. The van der Waals surface area contributed by atoms with Gasteiger partial charge in [0.15, 0.2) is 0 Å².